The van der Waals surface area contributed by atoms with Crippen LogP contribution in [0.1, 0.15) is 22.9 Å². The van der Waals surface area contributed by atoms with E-state index in [1.807, 2.05) is 31.0 Å². The van der Waals surface area contributed by atoms with Gasteiger partial charge in [-0.15, -0.1) is 11.3 Å². The van der Waals surface area contributed by atoms with Crippen LogP contribution in [0.4, 0.5) is 4.39 Å². The fourth-order valence-corrected chi connectivity index (χ4v) is 3.37. The minimum Gasteiger partial charge on any atom is -0.392 e. The van der Waals surface area contributed by atoms with E-state index in [-0.39, 0.29) is 12.2 Å². The lowest BCUT2D eigenvalue weighted by Crippen LogP contribution is -2.38. The highest BCUT2D eigenvalue weighted by atomic mass is 35.5. The van der Waals surface area contributed by atoms with Crippen molar-refractivity contribution in [3.63, 3.8) is 0 Å². The highest BCUT2D eigenvalue weighted by molar-refractivity contribution is 7.16. The van der Waals surface area contributed by atoms with E-state index in [1.165, 1.54) is 6.07 Å². The smallest absolute Gasteiger partial charge is 0.194 e. The maximum absolute atomic E-state index is 13.4. The van der Waals surface area contributed by atoms with E-state index in [2.05, 4.69) is 10.3 Å². The molecule has 7 heteroatoms. The number of benzene rings is 1. The first kappa shape index (κ1) is 18.7. The van der Waals surface area contributed by atoms with Crippen LogP contribution in [0, 0.1) is 5.82 Å². The lowest BCUT2D eigenvalue weighted by atomic mass is 10.1. The summed E-state index contributed by atoms with van der Waals surface area (Å²) in [5.74, 6) is 0.362. The summed E-state index contributed by atoms with van der Waals surface area (Å²) in [6.45, 7) is 3.55. The zero-order valence-corrected chi connectivity index (χ0v) is 15.3. The van der Waals surface area contributed by atoms with Crippen LogP contribution in [0.2, 0.25) is 4.34 Å². The first-order valence-corrected chi connectivity index (χ1v) is 8.84. The molecule has 0 aliphatic carbocycles. The molecule has 1 heterocycles. The van der Waals surface area contributed by atoms with Gasteiger partial charge in [0.1, 0.15) is 5.82 Å². The standard InChI is InChI=1S/C17H21ClFN3OS/c1-3-20-17(22(2)10-14-5-7-16(18)24-14)21-9-12-4-6-15(19)13(8-12)11-23/h4-8,23H,3,9-11H2,1-2H3,(H,20,21). The molecule has 0 amide bonds. The second-order valence-corrected chi connectivity index (χ2v) is 7.12. The van der Waals surface area contributed by atoms with Gasteiger partial charge in [-0.3, -0.25) is 0 Å². The van der Waals surface area contributed by atoms with Gasteiger partial charge in [0, 0.05) is 24.0 Å². The maximum Gasteiger partial charge on any atom is 0.194 e. The van der Waals surface area contributed by atoms with Gasteiger partial charge in [0.05, 0.1) is 24.0 Å². The Bertz CT molecular complexity index is 705. The third-order valence-corrected chi connectivity index (χ3v) is 4.63. The van der Waals surface area contributed by atoms with Crippen LogP contribution in [0.15, 0.2) is 35.3 Å². The van der Waals surface area contributed by atoms with Crippen LogP contribution in [0.5, 0.6) is 0 Å². The molecule has 4 nitrogen and oxygen atoms in total. The molecule has 0 fully saturated rings. The van der Waals surface area contributed by atoms with E-state index in [0.29, 0.717) is 13.1 Å². The van der Waals surface area contributed by atoms with Gasteiger partial charge in [0.15, 0.2) is 5.96 Å². The molecular formula is C17H21ClFN3OS. The minimum absolute atomic E-state index is 0.286. The van der Waals surface area contributed by atoms with Crippen LogP contribution in [0.3, 0.4) is 0 Å². The van der Waals surface area contributed by atoms with Crippen LogP contribution in [-0.4, -0.2) is 29.6 Å². The van der Waals surface area contributed by atoms with Crippen molar-refractivity contribution >= 4 is 28.9 Å². The molecule has 0 saturated carbocycles. The van der Waals surface area contributed by atoms with Gasteiger partial charge in [0.2, 0.25) is 0 Å². The van der Waals surface area contributed by atoms with Gasteiger partial charge in [0.25, 0.3) is 0 Å². The first-order valence-electron chi connectivity index (χ1n) is 7.65. The molecule has 0 aliphatic rings. The Labute approximate surface area is 150 Å². The Morgan fingerprint density at radius 2 is 2.17 bits per heavy atom. The molecule has 0 unspecified atom stereocenters. The molecule has 0 aliphatic heterocycles. The monoisotopic (exact) mass is 369 g/mol. The average molecular weight is 370 g/mol. The van der Waals surface area contributed by atoms with Crippen LogP contribution >= 0.6 is 22.9 Å². The number of hydrogen-bond donors (Lipinski definition) is 2. The molecule has 0 bridgehead atoms. The highest BCUT2D eigenvalue weighted by Crippen LogP contribution is 2.22. The van der Waals surface area contributed by atoms with E-state index in [4.69, 9.17) is 16.7 Å². The number of aliphatic imine (C=N–C) groups is 1. The zero-order chi connectivity index (χ0) is 17.5. The normalized spacial score (nSPS) is 11.6. The summed E-state index contributed by atoms with van der Waals surface area (Å²) >= 11 is 7.51. The molecule has 0 spiro atoms. The van der Waals surface area contributed by atoms with E-state index in [9.17, 15) is 4.39 Å². The number of guanidine groups is 1. The summed E-state index contributed by atoms with van der Waals surface area (Å²) in [6.07, 6.45) is 0. The molecule has 2 rings (SSSR count). The third-order valence-electron chi connectivity index (χ3n) is 3.41. The molecule has 1 aromatic heterocycles. The Morgan fingerprint density at radius 1 is 1.38 bits per heavy atom. The Morgan fingerprint density at radius 3 is 2.79 bits per heavy atom. The molecule has 130 valence electrons. The number of aliphatic hydroxyl groups excluding tert-OH is 1. The fourth-order valence-electron chi connectivity index (χ4n) is 2.23. The molecule has 0 saturated heterocycles. The van der Waals surface area contributed by atoms with Crippen molar-refractivity contribution in [2.75, 3.05) is 13.6 Å². The average Bonchev–Trinajstić information content (AvgIpc) is 2.97. The van der Waals surface area contributed by atoms with Crippen molar-refractivity contribution in [1.82, 2.24) is 10.2 Å². The van der Waals surface area contributed by atoms with Gasteiger partial charge in [-0.2, -0.15) is 0 Å². The van der Waals surface area contributed by atoms with Crippen LogP contribution < -0.4 is 5.32 Å². The Balaban J connectivity index is 2.09. The van der Waals surface area contributed by atoms with Gasteiger partial charge < -0.3 is 15.3 Å². The topological polar surface area (TPSA) is 47.9 Å². The lowest BCUT2D eigenvalue weighted by Gasteiger charge is -2.21. The van der Waals surface area contributed by atoms with E-state index < -0.39 is 5.82 Å². The number of halogens is 2. The number of nitrogens with one attached hydrogen (secondary N) is 1. The summed E-state index contributed by atoms with van der Waals surface area (Å²) in [7, 11) is 1.96. The number of rotatable bonds is 6. The second-order valence-electron chi connectivity index (χ2n) is 5.32. The Hall–Kier alpha value is -1.63. The van der Waals surface area contributed by atoms with Crippen molar-refractivity contribution in [2.24, 2.45) is 4.99 Å². The number of nitrogens with zero attached hydrogens (tertiary/aromatic N) is 2. The largest absolute Gasteiger partial charge is 0.392 e. The lowest BCUT2D eigenvalue weighted by molar-refractivity contribution is 0.275. The first-order chi connectivity index (χ1) is 11.5. The maximum atomic E-state index is 13.4. The third kappa shape index (κ3) is 5.19. The van der Waals surface area contributed by atoms with Crippen molar-refractivity contribution in [1.29, 1.82) is 0 Å². The van der Waals surface area contributed by atoms with Crippen molar-refractivity contribution in [3.8, 4) is 0 Å². The van der Waals surface area contributed by atoms with Crippen molar-refractivity contribution < 1.29 is 9.50 Å². The molecule has 0 radical (unpaired) electrons. The van der Waals surface area contributed by atoms with Gasteiger partial charge in [-0.25, -0.2) is 9.38 Å². The summed E-state index contributed by atoms with van der Waals surface area (Å²) in [5.41, 5.74) is 1.14. The molecule has 0 atom stereocenters. The molecule has 2 aromatic rings. The molecular weight excluding hydrogens is 349 g/mol. The molecule has 1 aromatic carbocycles. The van der Waals surface area contributed by atoms with Gasteiger partial charge in [-0.1, -0.05) is 17.7 Å². The number of thiophene rings is 1. The predicted molar refractivity (Wildman–Crippen MR) is 97.9 cm³/mol. The SMILES string of the molecule is CCNC(=NCc1ccc(F)c(CO)c1)N(C)Cc1ccc(Cl)s1. The summed E-state index contributed by atoms with van der Waals surface area (Å²) < 4.78 is 14.2. The van der Waals surface area contributed by atoms with Crippen LogP contribution in [0.25, 0.3) is 0 Å². The van der Waals surface area contributed by atoms with Gasteiger partial charge >= 0.3 is 0 Å². The van der Waals surface area contributed by atoms with E-state index >= 15 is 0 Å². The second kappa shape index (κ2) is 9.01. The van der Waals surface area contributed by atoms with Crippen molar-refractivity contribution in [3.05, 3.63) is 56.5 Å². The predicted octanol–water partition coefficient (Wildman–Crippen LogP) is 3.63. The van der Waals surface area contributed by atoms with Gasteiger partial charge in [-0.05, 0) is 36.8 Å². The minimum atomic E-state index is -0.399. The van der Waals surface area contributed by atoms with Crippen LogP contribution in [-0.2, 0) is 19.7 Å². The zero-order valence-electron chi connectivity index (χ0n) is 13.7. The summed E-state index contributed by atoms with van der Waals surface area (Å²) in [6, 6.07) is 8.57. The summed E-state index contributed by atoms with van der Waals surface area (Å²) in [4.78, 5) is 7.76. The Kier molecular flexibility index (Phi) is 7.02. The molecule has 2 N–H and O–H groups in total. The number of hydrogen-bond acceptors (Lipinski definition) is 3. The van der Waals surface area contributed by atoms with Crippen molar-refractivity contribution in [2.45, 2.75) is 26.6 Å². The quantitative estimate of drug-likeness (QED) is 0.603. The molecule has 24 heavy (non-hydrogen) atoms. The number of aliphatic hydroxyl groups is 1. The van der Waals surface area contributed by atoms with E-state index in [1.54, 1.807) is 23.5 Å². The highest BCUT2D eigenvalue weighted by Gasteiger charge is 2.09. The fraction of sp³-hybridized carbons (Fsp3) is 0.353. The summed E-state index contributed by atoms with van der Waals surface area (Å²) in [5, 5.41) is 12.4. The van der Waals surface area contributed by atoms with E-state index in [0.717, 1.165) is 27.3 Å².